The molecule has 0 atom stereocenters. The van der Waals surface area contributed by atoms with Gasteiger partial charge in [0, 0.05) is 45.8 Å². The lowest BCUT2D eigenvalue weighted by Gasteiger charge is -2.25. The highest BCUT2D eigenvalue weighted by molar-refractivity contribution is 7.89. The number of nitrogens with zero attached hydrogens (tertiary/aromatic N) is 2. The molecule has 0 spiro atoms. The lowest BCUT2D eigenvalue weighted by molar-refractivity contribution is 0.442. The Morgan fingerprint density at radius 2 is 1.90 bits per heavy atom. The number of sulfonamides is 1. The van der Waals surface area contributed by atoms with E-state index in [1.54, 1.807) is 19.1 Å². The summed E-state index contributed by atoms with van der Waals surface area (Å²) in [6.07, 6.45) is 2.65. The predicted molar refractivity (Wildman–Crippen MR) is 121 cm³/mol. The molecule has 0 unspecified atom stereocenters. The van der Waals surface area contributed by atoms with Crippen molar-refractivity contribution in [3.05, 3.63) is 76.2 Å². The van der Waals surface area contributed by atoms with Crippen molar-refractivity contribution >= 4 is 38.1 Å². The zero-order valence-electron chi connectivity index (χ0n) is 17.0. The Morgan fingerprint density at radius 1 is 1.13 bits per heavy atom. The fourth-order valence-electron chi connectivity index (χ4n) is 4.19. The second-order valence-corrected chi connectivity index (χ2v) is 10.2. The van der Waals surface area contributed by atoms with Crippen LogP contribution in [0.15, 0.2) is 48.5 Å². The van der Waals surface area contributed by atoms with Crippen LogP contribution in [0.5, 0.6) is 0 Å². The van der Waals surface area contributed by atoms with E-state index in [4.69, 9.17) is 11.6 Å². The molecule has 7 heteroatoms. The minimum Gasteiger partial charge on any atom is -0.340 e. The molecule has 0 N–H and O–H groups in total. The summed E-state index contributed by atoms with van der Waals surface area (Å²) in [6, 6.07) is 12.8. The molecule has 0 fully saturated rings. The number of halogens is 2. The highest BCUT2D eigenvalue weighted by atomic mass is 35.5. The van der Waals surface area contributed by atoms with Gasteiger partial charge < -0.3 is 4.57 Å². The monoisotopic (exact) mass is 446 g/mol. The van der Waals surface area contributed by atoms with Gasteiger partial charge in [0.1, 0.15) is 5.82 Å². The molecular weight excluding hydrogens is 423 g/mol. The maximum Gasteiger partial charge on any atom is 0.214 e. The Hall–Kier alpha value is -2.15. The second kappa shape index (κ2) is 8.17. The Morgan fingerprint density at radius 3 is 2.57 bits per heavy atom. The topological polar surface area (TPSA) is 42.3 Å². The van der Waals surface area contributed by atoms with Gasteiger partial charge in [0.15, 0.2) is 0 Å². The summed E-state index contributed by atoms with van der Waals surface area (Å²) in [4.78, 5) is 0. The Bertz CT molecular complexity index is 1230. The van der Waals surface area contributed by atoms with Crippen molar-refractivity contribution in [3.63, 3.8) is 0 Å². The number of benzene rings is 2. The van der Waals surface area contributed by atoms with Gasteiger partial charge in [-0.2, -0.15) is 4.31 Å². The van der Waals surface area contributed by atoms with Crippen LogP contribution in [0.2, 0.25) is 5.02 Å². The Balaban J connectivity index is 1.79. The van der Waals surface area contributed by atoms with Gasteiger partial charge in [0.05, 0.1) is 12.3 Å². The minimum absolute atomic E-state index is 0.109. The highest BCUT2D eigenvalue weighted by Gasteiger charge is 2.25. The molecule has 0 saturated carbocycles. The zero-order valence-corrected chi connectivity index (χ0v) is 18.6. The van der Waals surface area contributed by atoms with E-state index < -0.39 is 10.0 Å². The van der Waals surface area contributed by atoms with Crippen molar-refractivity contribution in [2.24, 2.45) is 0 Å². The van der Waals surface area contributed by atoms with Crippen LogP contribution in [0.4, 0.5) is 4.39 Å². The van der Waals surface area contributed by atoms with Gasteiger partial charge in [-0.25, -0.2) is 12.8 Å². The predicted octanol–water partition coefficient (Wildman–Crippen LogP) is 5.23. The van der Waals surface area contributed by atoms with Crippen molar-refractivity contribution < 1.29 is 12.8 Å². The Kier molecular flexibility index (Phi) is 5.75. The highest BCUT2D eigenvalue weighted by Crippen LogP contribution is 2.36. The summed E-state index contributed by atoms with van der Waals surface area (Å²) in [5, 5.41) is 1.49. The summed E-state index contributed by atoms with van der Waals surface area (Å²) in [7, 11) is -3.20. The van der Waals surface area contributed by atoms with Crippen molar-refractivity contribution in [3.8, 4) is 0 Å². The molecule has 0 radical (unpaired) electrons. The maximum absolute atomic E-state index is 14.4. The SMILES string of the molecule is CCS(=O)(=O)N1CC=C(c2c(C)n(Cc3c(F)cccc3Cl)c3ccccc23)CC1. The number of hydrogen-bond acceptors (Lipinski definition) is 2. The quantitative estimate of drug-likeness (QED) is 0.538. The van der Waals surface area contributed by atoms with Gasteiger partial charge >= 0.3 is 0 Å². The first kappa shape index (κ1) is 21.1. The Labute approximate surface area is 181 Å². The molecule has 0 aliphatic carbocycles. The molecule has 1 aromatic heterocycles. The van der Waals surface area contributed by atoms with Crippen LogP contribution in [0.1, 0.15) is 30.2 Å². The van der Waals surface area contributed by atoms with E-state index in [1.807, 2.05) is 31.2 Å². The van der Waals surface area contributed by atoms with Crippen LogP contribution < -0.4 is 0 Å². The van der Waals surface area contributed by atoms with Gasteiger partial charge in [-0.05, 0) is 44.0 Å². The number of para-hydroxylation sites is 1. The van der Waals surface area contributed by atoms with Gasteiger partial charge in [-0.1, -0.05) is 41.9 Å². The summed E-state index contributed by atoms with van der Waals surface area (Å²) in [5.41, 5.74) is 4.73. The minimum atomic E-state index is -3.20. The van der Waals surface area contributed by atoms with Crippen molar-refractivity contribution in [1.29, 1.82) is 0 Å². The van der Waals surface area contributed by atoms with Crippen LogP contribution in [-0.4, -0.2) is 36.1 Å². The van der Waals surface area contributed by atoms with Gasteiger partial charge in [0.2, 0.25) is 10.0 Å². The average molecular weight is 447 g/mol. The number of fused-ring (bicyclic) bond motifs is 1. The van der Waals surface area contributed by atoms with E-state index >= 15 is 0 Å². The lowest BCUT2D eigenvalue weighted by Crippen LogP contribution is -2.35. The van der Waals surface area contributed by atoms with Crippen LogP contribution in [0.3, 0.4) is 0 Å². The summed E-state index contributed by atoms with van der Waals surface area (Å²) < 4.78 is 42.5. The van der Waals surface area contributed by atoms with Crippen molar-refractivity contribution in [1.82, 2.24) is 8.87 Å². The normalized spacial score (nSPS) is 15.5. The third-order valence-corrected chi connectivity index (χ3v) is 8.06. The molecule has 2 aromatic carbocycles. The molecule has 158 valence electrons. The second-order valence-electron chi connectivity index (χ2n) is 7.50. The first-order valence-electron chi connectivity index (χ1n) is 10.0. The van der Waals surface area contributed by atoms with Gasteiger partial charge in [0.25, 0.3) is 0 Å². The van der Waals surface area contributed by atoms with Gasteiger partial charge in [-0.3, -0.25) is 0 Å². The molecule has 2 heterocycles. The van der Waals surface area contributed by atoms with E-state index in [1.165, 1.54) is 10.4 Å². The molecule has 1 aliphatic heterocycles. The van der Waals surface area contributed by atoms with Gasteiger partial charge in [-0.15, -0.1) is 0 Å². The number of rotatable bonds is 5. The van der Waals surface area contributed by atoms with E-state index in [-0.39, 0.29) is 11.6 Å². The molecule has 1 aliphatic rings. The first-order valence-corrected chi connectivity index (χ1v) is 12.0. The number of aromatic nitrogens is 1. The molecule has 3 aromatic rings. The molecule has 4 rings (SSSR count). The standard InChI is InChI=1S/C23H24ClFN2O2S/c1-3-30(28,29)26-13-11-17(12-14-26)23-16(2)27(22-10-5-4-7-18(22)23)15-19-20(24)8-6-9-21(19)25/h4-11H,3,12-15H2,1-2H3. The fourth-order valence-corrected chi connectivity index (χ4v) is 5.45. The van der Waals surface area contributed by atoms with Crippen LogP contribution in [-0.2, 0) is 16.6 Å². The fraction of sp³-hybridized carbons (Fsp3) is 0.304. The lowest BCUT2D eigenvalue weighted by atomic mass is 9.97. The van der Waals surface area contributed by atoms with E-state index in [9.17, 15) is 12.8 Å². The maximum atomic E-state index is 14.4. The molecule has 4 nitrogen and oxygen atoms in total. The first-order chi connectivity index (χ1) is 14.3. The summed E-state index contributed by atoms with van der Waals surface area (Å²) in [5.74, 6) is -0.212. The summed E-state index contributed by atoms with van der Waals surface area (Å²) >= 11 is 6.28. The van der Waals surface area contributed by atoms with Crippen LogP contribution >= 0.6 is 11.6 Å². The van der Waals surface area contributed by atoms with Crippen molar-refractivity contribution in [2.45, 2.75) is 26.8 Å². The molecule has 0 saturated heterocycles. The summed E-state index contributed by atoms with van der Waals surface area (Å²) in [6.45, 7) is 4.88. The molecular formula is C23H24ClFN2O2S. The molecule has 0 amide bonds. The third-order valence-electron chi connectivity index (χ3n) is 5.86. The largest absolute Gasteiger partial charge is 0.340 e. The molecule has 30 heavy (non-hydrogen) atoms. The smallest absolute Gasteiger partial charge is 0.214 e. The van der Waals surface area contributed by atoms with E-state index in [0.29, 0.717) is 36.6 Å². The third kappa shape index (κ3) is 3.68. The molecule has 0 bridgehead atoms. The zero-order chi connectivity index (χ0) is 21.5. The van der Waals surface area contributed by atoms with Crippen LogP contribution in [0, 0.1) is 12.7 Å². The van der Waals surface area contributed by atoms with Crippen LogP contribution in [0.25, 0.3) is 16.5 Å². The average Bonchev–Trinajstić information content (AvgIpc) is 3.02. The van der Waals surface area contributed by atoms with E-state index in [0.717, 1.165) is 27.7 Å². The number of hydrogen-bond donors (Lipinski definition) is 0. The van der Waals surface area contributed by atoms with E-state index in [2.05, 4.69) is 10.6 Å². The van der Waals surface area contributed by atoms with Crippen molar-refractivity contribution in [2.75, 3.05) is 18.8 Å².